The van der Waals surface area contributed by atoms with Crippen molar-refractivity contribution < 1.29 is 9.13 Å². The molecule has 2 heterocycles. The number of nitrogens with zero attached hydrogens (tertiary/aromatic N) is 4. The highest BCUT2D eigenvalue weighted by Crippen LogP contribution is 2.29. The molecule has 6 nitrogen and oxygen atoms in total. The fourth-order valence-corrected chi connectivity index (χ4v) is 4.38. The standard InChI is InChI=1S/C22H23Cl2FN4O2/c1-26-19(21(24)22(30)29(26)15-7-8-17(25)16(23)13-15)14-27-9-11-28(12-10-27)18-5-3-4-6-20(18)31-2/h3-8,13H,9-12,14H2,1-2H3. The molecule has 4 rings (SSSR count). The molecule has 0 N–H and O–H groups in total. The molecule has 1 aliphatic rings. The highest BCUT2D eigenvalue weighted by atomic mass is 35.5. The van der Waals surface area contributed by atoms with Crippen LogP contribution in [-0.4, -0.2) is 47.6 Å². The van der Waals surface area contributed by atoms with Gasteiger partial charge in [0.25, 0.3) is 5.56 Å². The van der Waals surface area contributed by atoms with Crippen LogP contribution >= 0.6 is 23.2 Å². The summed E-state index contributed by atoms with van der Waals surface area (Å²) in [5, 5.41) is 0.117. The predicted octanol–water partition coefficient (Wildman–Crippen LogP) is 3.95. The summed E-state index contributed by atoms with van der Waals surface area (Å²) in [5.74, 6) is 0.323. The highest BCUT2D eigenvalue weighted by Gasteiger charge is 2.24. The average molecular weight is 465 g/mol. The number of rotatable bonds is 5. The molecule has 0 radical (unpaired) electrons. The van der Waals surface area contributed by atoms with E-state index in [2.05, 4.69) is 15.9 Å². The zero-order valence-electron chi connectivity index (χ0n) is 17.3. The SMILES string of the molecule is COc1ccccc1N1CCN(Cc2c(Cl)c(=O)n(-c3ccc(F)c(Cl)c3)n2C)CC1. The van der Waals surface area contributed by atoms with Crippen molar-refractivity contribution in [2.24, 2.45) is 7.05 Å². The van der Waals surface area contributed by atoms with E-state index in [4.69, 9.17) is 27.9 Å². The molecular formula is C22H23Cl2FN4O2. The predicted molar refractivity (Wildman–Crippen MR) is 121 cm³/mol. The summed E-state index contributed by atoms with van der Waals surface area (Å²) in [7, 11) is 3.45. The van der Waals surface area contributed by atoms with Gasteiger partial charge in [0, 0.05) is 39.8 Å². The minimum Gasteiger partial charge on any atom is -0.495 e. The van der Waals surface area contributed by atoms with Gasteiger partial charge in [-0.3, -0.25) is 14.4 Å². The van der Waals surface area contributed by atoms with Gasteiger partial charge in [0.2, 0.25) is 0 Å². The van der Waals surface area contributed by atoms with Crippen LogP contribution in [0.4, 0.5) is 10.1 Å². The fourth-order valence-electron chi connectivity index (χ4n) is 3.94. The molecule has 1 fully saturated rings. The first kappa shape index (κ1) is 21.7. The van der Waals surface area contributed by atoms with E-state index in [0.29, 0.717) is 17.9 Å². The lowest BCUT2D eigenvalue weighted by Gasteiger charge is -2.36. The summed E-state index contributed by atoms with van der Waals surface area (Å²) in [6, 6.07) is 12.1. The first-order valence-electron chi connectivity index (χ1n) is 9.93. The van der Waals surface area contributed by atoms with Gasteiger partial charge in [0.15, 0.2) is 0 Å². The molecule has 2 aromatic carbocycles. The second-order valence-electron chi connectivity index (χ2n) is 7.43. The van der Waals surface area contributed by atoms with Crippen molar-refractivity contribution in [3.8, 4) is 11.4 Å². The Balaban J connectivity index is 1.52. The van der Waals surface area contributed by atoms with Crippen LogP contribution < -0.4 is 15.2 Å². The number of anilines is 1. The molecule has 0 spiro atoms. The van der Waals surface area contributed by atoms with Gasteiger partial charge < -0.3 is 9.64 Å². The van der Waals surface area contributed by atoms with Crippen molar-refractivity contribution in [3.63, 3.8) is 0 Å². The highest BCUT2D eigenvalue weighted by molar-refractivity contribution is 6.31. The van der Waals surface area contributed by atoms with Crippen LogP contribution in [0, 0.1) is 5.82 Å². The maximum atomic E-state index is 13.5. The normalized spacial score (nSPS) is 14.8. The second kappa shape index (κ2) is 8.94. The van der Waals surface area contributed by atoms with Crippen molar-refractivity contribution in [2.75, 3.05) is 38.2 Å². The van der Waals surface area contributed by atoms with Crippen LogP contribution in [0.2, 0.25) is 10.0 Å². The van der Waals surface area contributed by atoms with Crippen LogP contribution in [0.15, 0.2) is 47.3 Å². The quantitative estimate of drug-likeness (QED) is 0.573. The number of piperazine rings is 1. The summed E-state index contributed by atoms with van der Waals surface area (Å²) in [4.78, 5) is 17.3. The van der Waals surface area contributed by atoms with E-state index in [-0.39, 0.29) is 15.6 Å². The molecular weight excluding hydrogens is 442 g/mol. The lowest BCUT2D eigenvalue weighted by molar-refractivity contribution is 0.242. The van der Waals surface area contributed by atoms with Gasteiger partial charge in [0.05, 0.1) is 29.2 Å². The summed E-state index contributed by atoms with van der Waals surface area (Å²) in [6.45, 7) is 3.83. The Bertz CT molecular complexity index is 1150. The fraction of sp³-hybridized carbons (Fsp3) is 0.318. The van der Waals surface area contributed by atoms with E-state index in [1.165, 1.54) is 22.9 Å². The van der Waals surface area contributed by atoms with E-state index >= 15 is 0 Å². The van der Waals surface area contributed by atoms with Gasteiger partial charge in [-0.15, -0.1) is 0 Å². The van der Waals surface area contributed by atoms with Crippen molar-refractivity contribution >= 4 is 28.9 Å². The van der Waals surface area contributed by atoms with Gasteiger partial charge in [0.1, 0.15) is 16.6 Å². The van der Waals surface area contributed by atoms with Crippen molar-refractivity contribution in [3.05, 3.63) is 74.4 Å². The van der Waals surface area contributed by atoms with Crippen LogP contribution in [0.5, 0.6) is 5.75 Å². The van der Waals surface area contributed by atoms with E-state index in [9.17, 15) is 9.18 Å². The van der Waals surface area contributed by atoms with E-state index < -0.39 is 5.82 Å². The number of para-hydroxylation sites is 2. The minimum absolute atomic E-state index is 0.0456. The molecule has 9 heteroatoms. The molecule has 0 bridgehead atoms. The monoisotopic (exact) mass is 464 g/mol. The lowest BCUT2D eigenvalue weighted by Crippen LogP contribution is -2.46. The van der Waals surface area contributed by atoms with Crippen molar-refractivity contribution in [2.45, 2.75) is 6.54 Å². The average Bonchev–Trinajstić information content (AvgIpc) is 2.99. The number of benzene rings is 2. The summed E-state index contributed by atoms with van der Waals surface area (Å²) < 4.78 is 22.1. The van der Waals surface area contributed by atoms with Gasteiger partial charge in [-0.25, -0.2) is 9.07 Å². The van der Waals surface area contributed by atoms with Crippen molar-refractivity contribution in [1.82, 2.24) is 14.3 Å². The van der Waals surface area contributed by atoms with Gasteiger partial charge in [-0.2, -0.15) is 0 Å². The number of ether oxygens (including phenoxy) is 1. The first-order valence-corrected chi connectivity index (χ1v) is 10.7. The molecule has 0 atom stereocenters. The number of aromatic nitrogens is 2. The molecule has 1 aliphatic heterocycles. The van der Waals surface area contributed by atoms with Crippen LogP contribution in [0.25, 0.3) is 5.69 Å². The first-order chi connectivity index (χ1) is 14.9. The lowest BCUT2D eigenvalue weighted by atomic mass is 10.2. The topological polar surface area (TPSA) is 42.6 Å². The van der Waals surface area contributed by atoms with Crippen LogP contribution in [0.1, 0.15) is 5.69 Å². The van der Waals surface area contributed by atoms with Gasteiger partial charge in [-0.05, 0) is 30.3 Å². The Morgan fingerprint density at radius 3 is 2.45 bits per heavy atom. The van der Waals surface area contributed by atoms with E-state index in [0.717, 1.165) is 37.6 Å². The van der Waals surface area contributed by atoms with Crippen molar-refractivity contribution in [1.29, 1.82) is 0 Å². The van der Waals surface area contributed by atoms with Crippen LogP contribution in [0.3, 0.4) is 0 Å². The smallest absolute Gasteiger partial charge is 0.290 e. The third-order valence-electron chi connectivity index (χ3n) is 5.64. The summed E-state index contributed by atoms with van der Waals surface area (Å²) in [6.07, 6.45) is 0. The Kier molecular flexibility index (Phi) is 6.27. The number of hydrogen-bond acceptors (Lipinski definition) is 4. The Morgan fingerprint density at radius 1 is 1.06 bits per heavy atom. The molecule has 1 aromatic heterocycles. The zero-order valence-corrected chi connectivity index (χ0v) is 18.8. The van der Waals surface area contributed by atoms with Crippen LogP contribution in [-0.2, 0) is 13.6 Å². The maximum Gasteiger partial charge on any atom is 0.290 e. The van der Waals surface area contributed by atoms with Gasteiger partial charge >= 0.3 is 0 Å². The molecule has 164 valence electrons. The Labute approximate surface area is 189 Å². The molecule has 0 saturated carbocycles. The number of methoxy groups -OCH3 is 1. The molecule has 0 amide bonds. The molecule has 1 saturated heterocycles. The largest absolute Gasteiger partial charge is 0.495 e. The number of hydrogen-bond donors (Lipinski definition) is 0. The van der Waals surface area contributed by atoms with E-state index in [1.54, 1.807) is 18.8 Å². The Morgan fingerprint density at radius 2 is 1.77 bits per heavy atom. The third-order valence-corrected chi connectivity index (χ3v) is 6.31. The molecule has 31 heavy (non-hydrogen) atoms. The Hall–Kier alpha value is -2.48. The zero-order chi connectivity index (χ0) is 22.1. The van der Waals surface area contributed by atoms with E-state index in [1.807, 2.05) is 18.2 Å². The van der Waals surface area contributed by atoms with Gasteiger partial charge in [-0.1, -0.05) is 35.3 Å². The summed E-state index contributed by atoms with van der Waals surface area (Å²) in [5.41, 5.74) is 1.90. The molecule has 0 unspecified atom stereocenters. The minimum atomic E-state index is -0.535. The number of halogens is 3. The third kappa shape index (κ3) is 4.18. The summed E-state index contributed by atoms with van der Waals surface area (Å²) >= 11 is 12.3. The second-order valence-corrected chi connectivity index (χ2v) is 8.22. The molecule has 3 aromatic rings. The molecule has 0 aliphatic carbocycles. The maximum absolute atomic E-state index is 13.5.